The molecule has 7 aromatic carbocycles. The maximum Gasteiger partial charge on any atom is 0.0541 e. The standard InChI is InChI=1S/C49H38N2/c1-3-14-48-46(4-2)47-35-41(27-34-49(47)51(48)42-19-12-7-13-20-42)40-25-32-45(33-26-40)50(43-28-21-38(22-29-43)36-15-8-5-9-16-36)44-30-23-39(24-31-44)37-17-10-6-11-18-37/h3-35H,2H2,1H3/b14-3-. The van der Waals surface area contributed by atoms with Gasteiger partial charge < -0.3 is 9.47 Å². The van der Waals surface area contributed by atoms with E-state index in [0.29, 0.717) is 0 Å². The molecule has 2 nitrogen and oxygen atoms in total. The van der Waals surface area contributed by atoms with Crippen LogP contribution >= 0.6 is 0 Å². The molecular weight excluding hydrogens is 617 g/mol. The molecular formula is C49H38N2. The number of rotatable bonds is 9. The van der Waals surface area contributed by atoms with Gasteiger partial charge in [-0.25, -0.2) is 0 Å². The molecule has 0 N–H and O–H groups in total. The van der Waals surface area contributed by atoms with E-state index in [4.69, 9.17) is 0 Å². The molecule has 1 aromatic heterocycles. The first-order valence-corrected chi connectivity index (χ1v) is 17.4. The molecule has 0 spiro atoms. The third-order valence-electron chi connectivity index (χ3n) is 9.51. The van der Waals surface area contributed by atoms with E-state index in [1.807, 2.05) is 6.08 Å². The van der Waals surface area contributed by atoms with Crippen LogP contribution in [-0.4, -0.2) is 4.57 Å². The second kappa shape index (κ2) is 14.1. The number of benzene rings is 7. The predicted octanol–water partition coefficient (Wildman–Crippen LogP) is 13.8. The molecule has 0 saturated heterocycles. The summed E-state index contributed by atoms with van der Waals surface area (Å²) in [5, 5.41) is 1.18. The summed E-state index contributed by atoms with van der Waals surface area (Å²) in [5.41, 5.74) is 15.0. The van der Waals surface area contributed by atoms with Crippen LogP contribution in [0.5, 0.6) is 0 Å². The molecule has 51 heavy (non-hydrogen) atoms. The van der Waals surface area contributed by atoms with Crippen LogP contribution < -0.4 is 4.90 Å². The Bertz CT molecular complexity index is 2350. The summed E-state index contributed by atoms with van der Waals surface area (Å²) in [6, 6.07) is 65.0. The largest absolute Gasteiger partial charge is 0.311 e. The summed E-state index contributed by atoms with van der Waals surface area (Å²) >= 11 is 0. The molecule has 0 amide bonds. The Morgan fingerprint density at radius 3 is 1.33 bits per heavy atom. The van der Waals surface area contributed by atoms with Crippen molar-refractivity contribution in [3.63, 3.8) is 0 Å². The number of para-hydroxylation sites is 1. The zero-order valence-electron chi connectivity index (χ0n) is 28.7. The number of hydrogen-bond acceptors (Lipinski definition) is 1. The molecule has 0 atom stereocenters. The molecule has 0 saturated carbocycles. The van der Waals surface area contributed by atoms with Crippen molar-refractivity contribution in [2.45, 2.75) is 6.92 Å². The molecule has 0 aliphatic carbocycles. The van der Waals surface area contributed by atoms with Crippen molar-refractivity contribution in [1.82, 2.24) is 4.57 Å². The second-order valence-corrected chi connectivity index (χ2v) is 12.6. The number of aromatic nitrogens is 1. The van der Waals surface area contributed by atoms with E-state index in [-0.39, 0.29) is 0 Å². The predicted molar refractivity (Wildman–Crippen MR) is 219 cm³/mol. The number of anilines is 3. The highest BCUT2D eigenvalue weighted by Gasteiger charge is 2.17. The van der Waals surface area contributed by atoms with Gasteiger partial charge in [0.2, 0.25) is 0 Å². The lowest BCUT2D eigenvalue weighted by molar-refractivity contribution is 1.10. The number of fused-ring (bicyclic) bond motifs is 1. The van der Waals surface area contributed by atoms with Gasteiger partial charge in [0, 0.05) is 33.7 Å². The van der Waals surface area contributed by atoms with Crippen LogP contribution in [0.25, 0.3) is 62.1 Å². The molecule has 0 fully saturated rings. The average molecular weight is 655 g/mol. The summed E-state index contributed by atoms with van der Waals surface area (Å²) in [7, 11) is 0. The first-order chi connectivity index (χ1) is 25.2. The normalized spacial score (nSPS) is 11.2. The highest BCUT2D eigenvalue weighted by molar-refractivity contribution is 5.98. The molecule has 0 bridgehead atoms. The minimum atomic E-state index is 1.09. The van der Waals surface area contributed by atoms with E-state index >= 15 is 0 Å². The van der Waals surface area contributed by atoms with Crippen LogP contribution in [0.4, 0.5) is 17.1 Å². The van der Waals surface area contributed by atoms with Crippen molar-refractivity contribution in [1.29, 1.82) is 0 Å². The summed E-state index contributed by atoms with van der Waals surface area (Å²) in [6.45, 7) is 6.28. The van der Waals surface area contributed by atoms with E-state index in [1.165, 1.54) is 33.2 Å². The molecule has 8 aromatic rings. The number of nitrogens with zero attached hydrogens (tertiary/aromatic N) is 2. The Kier molecular flexibility index (Phi) is 8.72. The zero-order valence-corrected chi connectivity index (χ0v) is 28.7. The third-order valence-corrected chi connectivity index (χ3v) is 9.51. The minimum absolute atomic E-state index is 1.09. The van der Waals surface area contributed by atoms with E-state index in [9.17, 15) is 0 Å². The first kappa shape index (κ1) is 31.6. The molecule has 1 heterocycles. The van der Waals surface area contributed by atoms with Gasteiger partial charge in [-0.2, -0.15) is 0 Å². The molecule has 0 aliphatic heterocycles. The SMILES string of the molecule is C=Cc1c(/C=C\C)n(-c2ccccc2)c2ccc(-c3ccc(N(c4ccc(-c5ccccc5)cc4)c4ccc(-c5ccccc5)cc4)cc3)cc12. The Balaban J connectivity index is 1.18. The summed E-state index contributed by atoms with van der Waals surface area (Å²) in [5.74, 6) is 0. The molecule has 0 radical (unpaired) electrons. The van der Waals surface area contributed by atoms with Crippen molar-refractivity contribution in [3.8, 4) is 39.1 Å². The van der Waals surface area contributed by atoms with Gasteiger partial charge in [0.15, 0.2) is 0 Å². The molecule has 8 rings (SSSR count). The molecule has 0 unspecified atom stereocenters. The lowest BCUT2D eigenvalue weighted by Gasteiger charge is -2.26. The zero-order chi connectivity index (χ0) is 34.6. The van der Waals surface area contributed by atoms with Gasteiger partial charge in [-0.15, -0.1) is 0 Å². The van der Waals surface area contributed by atoms with Crippen molar-refractivity contribution in [2.24, 2.45) is 0 Å². The molecule has 244 valence electrons. The van der Waals surface area contributed by atoms with E-state index < -0.39 is 0 Å². The van der Waals surface area contributed by atoms with Gasteiger partial charge in [-0.05, 0) is 107 Å². The van der Waals surface area contributed by atoms with Crippen molar-refractivity contribution in [2.75, 3.05) is 4.90 Å². The quantitative estimate of drug-likeness (QED) is 0.150. The van der Waals surface area contributed by atoms with Crippen LogP contribution in [0.1, 0.15) is 18.2 Å². The van der Waals surface area contributed by atoms with Crippen molar-refractivity contribution < 1.29 is 0 Å². The Hall–Kier alpha value is -6.64. The van der Waals surface area contributed by atoms with Crippen LogP contribution in [0.15, 0.2) is 195 Å². The number of hydrogen-bond donors (Lipinski definition) is 0. The Morgan fingerprint density at radius 1 is 0.471 bits per heavy atom. The summed E-state index contributed by atoms with van der Waals surface area (Å²) < 4.78 is 2.32. The molecule has 2 heteroatoms. The fourth-order valence-corrected chi connectivity index (χ4v) is 7.02. The summed E-state index contributed by atoms with van der Waals surface area (Å²) in [6.07, 6.45) is 6.25. The highest BCUT2D eigenvalue weighted by atomic mass is 15.1. The fourth-order valence-electron chi connectivity index (χ4n) is 7.02. The fraction of sp³-hybridized carbons (Fsp3) is 0.0204. The second-order valence-electron chi connectivity index (χ2n) is 12.6. The van der Waals surface area contributed by atoms with Gasteiger partial charge in [-0.3, -0.25) is 0 Å². The van der Waals surface area contributed by atoms with Crippen molar-refractivity contribution in [3.05, 3.63) is 206 Å². The highest BCUT2D eigenvalue weighted by Crippen LogP contribution is 2.39. The summed E-state index contributed by atoms with van der Waals surface area (Å²) in [4.78, 5) is 2.33. The van der Waals surface area contributed by atoms with E-state index in [1.54, 1.807) is 0 Å². The maximum absolute atomic E-state index is 4.21. The Labute approximate surface area is 300 Å². The smallest absolute Gasteiger partial charge is 0.0541 e. The average Bonchev–Trinajstić information content (AvgIpc) is 3.52. The van der Waals surface area contributed by atoms with Crippen LogP contribution in [0.3, 0.4) is 0 Å². The topological polar surface area (TPSA) is 8.17 Å². The van der Waals surface area contributed by atoms with Gasteiger partial charge in [0.05, 0.1) is 11.2 Å². The lowest BCUT2D eigenvalue weighted by atomic mass is 10.0. The van der Waals surface area contributed by atoms with Crippen molar-refractivity contribution >= 4 is 40.1 Å². The van der Waals surface area contributed by atoms with Crippen LogP contribution in [0.2, 0.25) is 0 Å². The Morgan fingerprint density at radius 2 is 0.882 bits per heavy atom. The monoisotopic (exact) mass is 654 g/mol. The van der Waals surface area contributed by atoms with Gasteiger partial charge in [-0.1, -0.05) is 140 Å². The molecule has 0 aliphatic rings. The van der Waals surface area contributed by atoms with Crippen LogP contribution in [-0.2, 0) is 0 Å². The minimum Gasteiger partial charge on any atom is -0.311 e. The van der Waals surface area contributed by atoms with Crippen LogP contribution in [0, 0.1) is 0 Å². The lowest BCUT2D eigenvalue weighted by Crippen LogP contribution is -2.09. The van der Waals surface area contributed by atoms with Gasteiger partial charge >= 0.3 is 0 Å². The van der Waals surface area contributed by atoms with E-state index in [2.05, 4.69) is 217 Å². The van der Waals surface area contributed by atoms with Gasteiger partial charge in [0.25, 0.3) is 0 Å². The van der Waals surface area contributed by atoms with E-state index in [0.717, 1.165) is 45.1 Å². The maximum atomic E-state index is 4.21. The van der Waals surface area contributed by atoms with Gasteiger partial charge in [0.1, 0.15) is 0 Å². The number of allylic oxidation sites excluding steroid dienone is 1. The third kappa shape index (κ3) is 6.20. The first-order valence-electron chi connectivity index (χ1n) is 17.4.